The van der Waals surface area contributed by atoms with E-state index >= 15 is 0 Å². The Labute approximate surface area is 187 Å². The Morgan fingerprint density at radius 1 is 0.906 bits per heavy atom. The number of oxazole rings is 1. The van der Waals surface area contributed by atoms with Crippen molar-refractivity contribution in [2.75, 3.05) is 38.5 Å². The molecule has 2 heterocycles. The van der Waals surface area contributed by atoms with Gasteiger partial charge in [-0.1, -0.05) is 42.5 Å². The number of piperazine rings is 1. The molecule has 1 atom stereocenters. The van der Waals surface area contributed by atoms with E-state index in [4.69, 9.17) is 4.42 Å². The monoisotopic (exact) mass is 426 g/mol. The van der Waals surface area contributed by atoms with Gasteiger partial charge in [-0.3, -0.25) is 9.69 Å². The third-order valence-electron chi connectivity index (χ3n) is 5.96. The van der Waals surface area contributed by atoms with E-state index in [2.05, 4.69) is 27.1 Å². The first-order valence-corrected chi connectivity index (χ1v) is 10.9. The lowest BCUT2D eigenvalue weighted by Gasteiger charge is -2.37. The average molecular weight is 427 g/mol. The summed E-state index contributed by atoms with van der Waals surface area (Å²) in [5.41, 5.74) is 4.23. The molecule has 6 heteroatoms. The molecule has 32 heavy (non-hydrogen) atoms. The topological polar surface area (TPSA) is 61.6 Å². The summed E-state index contributed by atoms with van der Waals surface area (Å²) in [5, 5.41) is 3.11. The number of hydrogen-bond acceptors (Lipinski definition) is 5. The number of likely N-dealkylation sites (N-methyl/N-ethyl adjacent to an activating group) is 1. The molecule has 1 saturated heterocycles. The van der Waals surface area contributed by atoms with Crippen LogP contribution in [0.3, 0.4) is 0 Å². The van der Waals surface area contributed by atoms with Crippen LogP contribution >= 0.6 is 0 Å². The van der Waals surface area contributed by atoms with Crippen LogP contribution in [0.1, 0.15) is 11.6 Å². The van der Waals surface area contributed by atoms with Crippen molar-refractivity contribution in [3.8, 4) is 11.5 Å². The van der Waals surface area contributed by atoms with Crippen molar-refractivity contribution >= 4 is 22.7 Å². The lowest BCUT2D eigenvalue weighted by Crippen LogP contribution is -2.48. The van der Waals surface area contributed by atoms with E-state index in [-0.39, 0.29) is 11.9 Å². The van der Waals surface area contributed by atoms with Gasteiger partial charge >= 0.3 is 0 Å². The van der Waals surface area contributed by atoms with Gasteiger partial charge in [0.15, 0.2) is 5.58 Å². The van der Waals surface area contributed by atoms with Crippen LogP contribution in [-0.2, 0) is 4.79 Å². The minimum Gasteiger partial charge on any atom is -0.436 e. The summed E-state index contributed by atoms with van der Waals surface area (Å²) in [6, 6.07) is 25.0. The van der Waals surface area contributed by atoms with E-state index in [1.54, 1.807) is 0 Å². The van der Waals surface area contributed by atoms with Gasteiger partial charge in [0.05, 0.1) is 0 Å². The van der Waals surface area contributed by atoms with Gasteiger partial charge in [-0.2, -0.15) is 0 Å². The highest BCUT2D eigenvalue weighted by Crippen LogP contribution is 2.27. The zero-order chi connectivity index (χ0) is 21.9. The zero-order valence-electron chi connectivity index (χ0n) is 18.1. The molecule has 5 rings (SSSR count). The van der Waals surface area contributed by atoms with Crippen LogP contribution in [0.5, 0.6) is 0 Å². The molecular formula is C26H26N4O2. The maximum absolute atomic E-state index is 13.4. The highest BCUT2D eigenvalue weighted by Gasteiger charge is 2.29. The van der Waals surface area contributed by atoms with Gasteiger partial charge < -0.3 is 14.6 Å². The number of rotatable bonds is 5. The fraction of sp³-hybridized carbons (Fsp3) is 0.231. The van der Waals surface area contributed by atoms with Gasteiger partial charge in [0, 0.05) is 37.4 Å². The van der Waals surface area contributed by atoms with E-state index in [1.807, 2.05) is 78.9 Å². The molecule has 1 aromatic heterocycles. The second kappa shape index (κ2) is 8.94. The maximum Gasteiger partial charge on any atom is 0.246 e. The highest BCUT2D eigenvalue weighted by molar-refractivity contribution is 5.95. The van der Waals surface area contributed by atoms with Crippen molar-refractivity contribution in [2.45, 2.75) is 6.04 Å². The fourth-order valence-electron chi connectivity index (χ4n) is 4.15. The number of hydrogen-bond donors (Lipinski definition) is 1. The van der Waals surface area contributed by atoms with Gasteiger partial charge in [-0.25, -0.2) is 4.98 Å². The van der Waals surface area contributed by atoms with Crippen LogP contribution in [0.15, 0.2) is 83.3 Å². The van der Waals surface area contributed by atoms with Crippen molar-refractivity contribution in [1.29, 1.82) is 0 Å². The molecule has 4 aromatic rings. The minimum atomic E-state index is -0.318. The van der Waals surface area contributed by atoms with E-state index in [0.717, 1.165) is 54.1 Å². The summed E-state index contributed by atoms with van der Waals surface area (Å²) in [6.07, 6.45) is 0. The highest BCUT2D eigenvalue weighted by atomic mass is 16.3. The molecule has 3 aromatic carbocycles. The van der Waals surface area contributed by atoms with Crippen LogP contribution in [0.4, 0.5) is 5.69 Å². The number of aromatic nitrogens is 1. The van der Waals surface area contributed by atoms with Crippen LogP contribution in [-0.4, -0.2) is 53.9 Å². The third kappa shape index (κ3) is 4.28. The molecule has 0 aliphatic carbocycles. The summed E-state index contributed by atoms with van der Waals surface area (Å²) < 4.78 is 5.85. The molecule has 1 aliphatic heterocycles. The summed E-state index contributed by atoms with van der Waals surface area (Å²) in [6.45, 7) is 3.63. The van der Waals surface area contributed by atoms with Gasteiger partial charge in [-0.05, 0) is 49.0 Å². The SMILES string of the molecule is CN1CCN(C(C(=O)Nc2ccc(-c3nc4ccccc4o3)cc2)c2ccccc2)CC1. The van der Waals surface area contributed by atoms with Gasteiger partial charge in [-0.15, -0.1) is 0 Å². The van der Waals surface area contributed by atoms with Gasteiger partial charge in [0.25, 0.3) is 0 Å². The number of carbonyl (C=O) groups is 1. The quantitative estimate of drug-likeness (QED) is 0.512. The molecule has 1 N–H and O–H groups in total. The first kappa shape index (κ1) is 20.4. The van der Waals surface area contributed by atoms with E-state index in [1.165, 1.54) is 0 Å². The van der Waals surface area contributed by atoms with Gasteiger partial charge in [0.1, 0.15) is 11.6 Å². The number of fused-ring (bicyclic) bond motifs is 1. The lowest BCUT2D eigenvalue weighted by molar-refractivity contribution is -0.122. The standard InChI is InChI=1S/C26H26N4O2/c1-29-15-17-30(18-16-29)24(19-7-3-2-4-8-19)25(31)27-21-13-11-20(12-14-21)26-28-22-9-5-6-10-23(22)32-26/h2-14,24H,15-18H2,1H3,(H,27,31). The lowest BCUT2D eigenvalue weighted by atomic mass is 10.0. The van der Waals surface area contributed by atoms with Crippen LogP contribution in [0.2, 0.25) is 0 Å². The van der Waals surface area contributed by atoms with Crippen molar-refractivity contribution in [2.24, 2.45) is 0 Å². The number of nitrogens with one attached hydrogen (secondary N) is 1. The molecule has 1 fully saturated rings. The summed E-state index contributed by atoms with van der Waals surface area (Å²) in [7, 11) is 2.12. The molecular weight excluding hydrogens is 400 g/mol. The number of nitrogens with zero attached hydrogens (tertiary/aromatic N) is 3. The Kier molecular flexibility index (Phi) is 5.71. The first-order valence-electron chi connectivity index (χ1n) is 10.9. The second-order valence-corrected chi connectivity index (χ2v) is 8.21. The fourth-order valence-corrected chi connectivity index (χ4v) is 4.15. The molecule has 0 spiro atoms. The Morgan fingerprint density at radius 3 is 2.31 bits per heavy atom. The largest absolute Gasteiger partial charge is 0.436 e. The third-order valence-corrected chi connectivity index (χ3v) is 5.96. The minimum absolute atomic E-state index is 0.0182. The zero-order valence-corrected chi connectivity index (χ0v) is 18.1. The molecule has 6 nitrogen and oxygen atoms in total. The van der Waals surface area contributed by atoms with Crippen LogP contribution in [0.25, 0.3) is 22.6 Å². The van der Waals surface area contributed by atoms with Crippen molar-refractivity contribution in [1.82, 2.24) is 14.8 Å². The number of benzene rings is 3. The van der Waals surface area contributed by atoms with E-state index < -0.39 is 0 Å². The normalized spacial score (nSPS) is 16.2. The molecule has 0 saturated carbocycles. The Morgan fingerprint density at radius 2 is 1.59 bits per heavy atom. The average Bonchev–Trinajstić information content (AvgIpc) is 3.26. The van der Waals surface area contributed by atoms with Crippen molar-refractivity contribution in [3.63, 3.8) is 0 Å². The van der Waals surface area contributed by atoms with Crippen molar-refractivity contribution < 1.29 is 9.21 Å². The van der Waals surface area contributed by atoms with Crippen LogP contribution < -0.4 is 5.32 Å². The number of anilines is 1. The second-order valence-electron chi connectivity index (χ2n) is 8.21. The van der Waals surface area contributed by atoms with Crippen LogP contribution in [0, 0.1) is 0 Å². The number of para-hydroxylation sites is 2. The maximum atomic E-state index is 13.4. The molecule has 162 valence electrons. The number of amides is 1. The predicted octanol–water partition coefficient (Wildman–Crippen LogP) is 4.42. The molecule has 1 unspecified atom stereocenters. The Balaban J connectivity index is 1.35. The molecule has 0 bridgehead atoms. The van der Waals surface area contributed by atoms with Crippen molar-refractivity contribution in [3.05, 3.63) is 84.4 Å². The Hall–Kier alpha value is -3.48. The van der Waals surface area contributed by atoms with E-state index in [9.17, 15) is 4.79 Å². The summed E-state index contributed by atoms with van der Waals surface area (Å²) >= 11 is 0. The Bertz CT molecular complexity index is 1160. The van der Waals surface area contributed by atoms with Gasteiger partial charge in [0.2, 0.25) is 11.8 Å². The molecule has 1 amide bonds. The first-order chi connectivity index (χ1) is 15.7. The smallest absolute Gasteiger partial charge is 0.246 e. The summed E-state index contributed by atoms with van der Waals surface area (Å²) in [4.78, 5) is 22.5. The number of carbonyl (C=O) groups excluding carboxylic acids is 1. The summed E-state index contributed by atoms with van der Waals surface area (Å²) in [5.74, 6) is 0.555. The van der Waals surface area contributed by atoms with E-state index in [0.29, 0.717) is 5.89 Å². The molecule has 1 aliphatic rings. The molecule has 0 radical (unpaired) electrons. The predicted molar refractivity (Wildman–Crippen MR) is 126 cm³/mol.